The Morgan fingerprint density at radius 1 is 1.28 bits per heavy atom. The van der Waals surface area contributed by atoms with E-state index in [1.54, 1.807) is 12.1 Å². The van der Waals surface area contributed by atoms with E-state index in [2.05, 4.69) is 20.7 Å². The molecule has 0 radical (unpaired) electrons. The number of rotatable bonds is 6. The van der Waals surface area contributed by atoms with Gasteiger partial charge in [-0.05, 0) is 30.9 Å². The molecule has 18 heavy (non-hydrogen) atoms. The first-order valence-electron chi connectivity index (χ1n) is 6.02. The minimum Gasteiger partial charge on any atom is -0.208 e. The molecule has 0 aliphatic heterocycles. The molecule has 0 aromatic heterocycles. The van der Waals surface area contributed by atoms with Gasteiger partial charge in [-0.15, -0.1) is 0 Å². The maximum Gasteiger partial charge on any atom is 0.241 e. The van der Waals surface area contributed by atoms with Crippen LogP contribution in [0.1, 0.15) is 25.8 Å². The lowest BCUT2D eigenvalue weighted by atomic mass is 10.0. The van der Waals surface area contributed by atoms with E-state index in [9.17, 15) is 8.42 Å². The first-order valence-corrected chi connectivity index (χ1v) is 8.63. The molecule has 0 aliphatic carbocycles. The zero-order valence-corrected chi connectivity index (χ0v) is 13.4. The van der Waals surface area contributed by atoms with Gasteiger partial charge in [0.2, 0.25) is 10.0 Å². The highest BCUT2D eigenvalue weighted by Crippen LogP contribution is 2.17. The van der Waals surface area contributed by atoms with Crippen molar-refractivity contribution in [1.29, 1.82) is 0 Å². The van der Waals surface area contributed by atoms with Gasteiger partial charge >= 0.3 is 0 Å². The average Bonchev–Trinajstić information content (AvgIpc) is 2.28. The molecule has 1 N–H and O–H groups in total. The molecule has 0 aliphatic rings. The van der Waals surface area contributed by atoms with Crippen LogP contribution in [-0.4, -0.2) is 19.8 Å². The van der Waals surface area contributed by atoms with Crippen molar-refractivity contribution < 1.29 is 8.42 Å². The van der Waals surface area contributed by atoms with E-state index in [0.29, 0.717) is 4.90 Å². The first-order chi connectivity index (χ1) is 8.38. The van der Waals surface area contributed by atoms with E-state index in [4.69, 9.17) is 0 Å². The van der Waals surface area contributed by atoms with Crippen LogP contribution < -0.4 is 4.72 Å². The Hall–Kier alpha value is -0.390. The van der Waals surface area contributed by atoms with Gasteiger partial charge in [0.05, 0.1) is 4.90 Å². The second-order valence-electron chi connectivity index (χ2n) is 4.71. The summed E-state index contributed by atoms with van der Waals surface area (Å²) < 4.78 is 27.4. The number of hydrogen-bond donors (Lipinski definition) is 1. The number of benzene rings is 1. The van der Waals surface area contributed by atoms with E-state index in [1.165, 1.54) is 0 Å². The fraction of sp³-hybridized carbons (Fsp3) is 0.538. The summed E-state index contributed by atoms with van der Waals surface area (Å²) in [4.78, 5) is 0.366. The quantitative estimate of drug-likeness (QED) is 0.813. The lowest BCUT2D eigenvalue weighted by Gasteiger charge is -2.22. The minimum absolute atomic E-state index is 0.0472. The summed E-state index contributed by atoms with van der Waals surface area (Å²) in [6.45, 7) is 5.85. The monoisotopic (exact) mass is 333 g/mol. The third-order valence-corrected chi connectivity index (χ3v) is 5.02. The SMILES string of the molecule is Cc1ccccc1S(=O)(=O)NC(CCBr)C(C)C. The van der Waals surface area contributed by atoms with Gasteiger partial charge in [0.25, 0.3) is 0 Å². The Kier molecular flexibility index (Phi) is 5.82. The third-order valence-electron chi connectivity index (χ3n) is 2.91. The summed E-state index contributed by atoms with van der Waals surface area (Å²) in [5.41, 5.74) is 0.770. The molecule has 1 aromatic carbocycles. The van der Waals surface area contributed by atoms with Crippen LogP contribution in [0.5, 0.6) is 0 Å². The lowest BCUT2D eigenvalue weighted by Crippen LogP contribution is -2.39. The molecule has 0 amide bonds. The molecule has 0 bridgehead atoms. The van der Waals surface area contributed by atoms with Gasteiger partial charge in [0, 0.05) is 11.4 Å². The molecule has 5 heteroatoms. The summed E-state index contributed by atoms with van der Waals surface area (Å²) >= 11 is 3.36. The standard InChI is InChI=1S/C13H20BrNO2S/c1-10(2)12(8-9-14)15-18(16,17)13-7-5-4-6-11(13)3/h4-7,10,12,15H,8-9H2,1-3H3. The normalized spacial score (nSPS) is 13.8. The molecule has 0 heterocycles. The van der Waals surface area contributed by atoms with E-state index in [-0.39, 0.29) is 12.0 Å². The second kappa shape index (κ2) is 6.68. The predicted molar refractivity (Wildman–Crippen MR) is 78.5 cm³/mol. The number of aryl methyl sites for hydroxylation is 1. The van der Waals surface area contributed by atoms with Crippen LogP contribution in [0, 0.1) is 12.8 Å². The van der Waals surface area contributed by atoms with E-state index in [1.807, 2.05) is 32.9 Å². The van der Waals surface area contributed by atoms with Gasteiger partial charge in [-0.2, -0.15) is 0 Å². The first kappa shape index (κ1) is 15.7. The van der Waals surface area contributed by atoms with Crippen LogP contribution in [0.4, 0.5) is 0 Å². The van der Waals surface area contributed by atoms with Gasteiger partial charge in [-0.1, -0.05) is 48.0 Å². The summed E-state index contributed by atoms with van der Waals surface area (Å²) in [7, 11) is -3.43. The smallest absolute Gasteiger partial charge is 0.208 e. The zero-order chi connectivity index (χ0) is 13.8. The fourth-order valence-electron chi connectivity index (χ4n) is 1.77. The predicted octanol–water partition coefficient (Wildman–Crippen LogP) is 3.08. The molecule has 3 nitrogen and oxygen atoms in total. The van der Waals surface area contributed by atoms with Crippen molar-refractivity contribution in [3.8, 4) is 0 Å². The molecule has 0 saturated heterocycles. The van der Waals surface area contributed by atoms with E-state index >= 15 is 0 Å². The van der Waals surface area contributed by atoms with Gasteiger partial charge < -0.3 is 0 Å². The largest absolute Gasteiger partial charge is 0.241 e. The van der Waals surface area contributed by atoms with Crippen LogP contribution in [0.15, 0.2) is 29.2 Å². The van der Waals surface area contributed by atoms with Crippen LogP contribution in [-0.2, 0) is 10.0 Å². The Balaban J connectivity index is 2.97. The van der Waals surface area contributed by atoms with Gasteiger partial charge in [-0.3, -0.25) is 0 Å². The third kappa shape index (κ3) is 4.07. The highest BCUT2D eigenvalue weighted by molar-refractivity contribution is 9.09. The Morgan fingerprint density at radius 3 is 2.39 bits per heavy atom. The number of halogens is 1. The number of alkyl halides is 1. The van der Waals surface area contributed by atoms with Crippen LogP contribution in [0.3, 0.4) is 0 Å². The van der Waals surface area contributed by atoms with Crippen LogP contribution in [0.25, 0.3) is 0 Å². The summed E-state index contributed by atoms with van der Waals surface area (Å²) in [5.74, 6) is 0.265. The molecule has 1 rings (SSSR count). The van der Waals surface area contributed by atoms with Crippen molar-refractivity contribution in [3.05, 3.63) is 29.8 Å². The Bertz CT molecular complexity index is 486. The highest BCUT2D eigenvalue weighted by Gasteiger charge is 2.22. The summed E-state index contributed by atoms with van der Waals surface area (Å²) in [5, 5.41) is 0.784. The zero-order valence-electron chi connectivity index (χ0n) is 11.0. The molecule has 102 valence electrons. The van der Waals surface area contributed by atoms with Crippen molar-refractivity contribution >= 4 is 26.0 Å². The summed E-state index contributed by atoms with van der Waals surface area (Å²) in [6.07, 6.45) is 0.781. The highest BCUT2D eigenvalue weighted by atomic mass is 79.9. The van der Waals surface area contributed by atoms with Crippen LogP contribution in [0.2, 0.25) is 0 Å². The Labute approximate surface area is 118 Å². The van der Waals surface area contributed by atoms with E-state index in [0.717, 1.165) is 17.3 Å². The minimum atomic E-state index is -3.43. The molecule has 1 aromatic rings. The number of sulfonamides is 1. The molecule has 1 atom stereocenters. The Morgan fingerprint density at radius 2 is 1.89 bits per heavy atom. The molecule has 0 spiro atoms. The van der Waals surface area contributed by atoms with Crippen molar-refractivity contribution in [3.63, 3.8) is 0 Å². The molecular weight excluding hydrogens is 314 g/mol. The maximum atomic E-state index is 12.3. The number of hydrogen-bond acceptors (Lipinski definition) is 2. The summed E-state index contributed by atoms with van der Waals surface area (Å²) in [6, 6.07) is 6.99. The fourth-order valence-corrected chi connectivity index (χ4v) is 3.93. The maximum absolute atomic E-state index is 12.3. The topological polar surface area (TPSA) is 46.2 Å². The molecule has 0 fully saturated rings. The van der Waals surface area contributed by atoms with Crippen molar-refractivity contribution in [2.24, 2.45) is 5.92 Å². The number of nitrogens with one attached hydrogen (secondary N) is 1. The van der Waals surface area contributed by atoms with Crippen molar-refractivity contribution in [2.75, 3.05) is 5.33 Å². The van der Waals surface area contributed by atoms with Gasteiger partial charge in [-0.25, -0.2) is 13.1 Å². The van der Waals surface area contributed by atoms with Gasteiger partial charge in [0.15, 0.2) is 0 Å². The second-order valence-corrected chi connectivity index (χ2v) is 7.19. The van der Waals surface area contributed by atoms with Crippen LogP contribution >= 0.6 is 15.9 Å². The lowest BCUT2D eigenvalue weighted by molar-refractivity contribution is 0.440. The van der Waals surface area contributed by atoms with Crippen molar-refractivity contribution in [1.82, 2.24) is 4.72 Å². The van der Waals surface area contributed by atoms with E-state index < -0.39 is 10.0 Å². The van der Waals surface area contributed by atoms with Gasteiger partial charge in [0.1, 0.15) is 0 Å². The van der Waals surface area contributed by atoms with Crippen molar-refractivity contribution in [2.45, 2.75) is 38.1 Å². The molecular formula is C13H20BrNO2S. The average molecular weight is 334 g/mol. The molecule has 0 saturated carbocycles. The molecule has 1 unspecified atom stereocenters.